The summed E-state index contributed by atoms with van der Waals surface area (Å²) in [5, 5.41) is 3.96. The molecule has 6 heteroatoms. The Morgan fingerprint density at radius 2 is 1.58 bits per heavy atom. The predicted octanol–water partition coefficient (Wildman–Crippen LogP) is 4.39. The second-order valence-electron chi connectivity index (χ2n) is 6.79. The number of rotatable bonds is 9. The Kier molecular flexibility index (Phi) is 7.94. The molecule has 1 amide bonds. The zero-order valence-electron chi connectivity index (χ0n) is 17.3. The van der Waals surface area contributed by atoms with E-state index >= 15 is 0 Å². The van der Waals surface area contributed by atoms with Crippen LogP contribution in [0.15, 0.2) is 84.0 Å². The number of carbonyl (C=O) groups is 2. The number of carbonyl (C=O) groups excluding carboxylic acids is 2. The van der Waals surface area contributed by atoms with Crippen LogP contribution in [-0.2, 0) is 11.2 Å². The highest BCUT2D eigenvalue weighted by molar-refractivity contribution is 5.91. The molecule has 0 saturated carbocycles. The quantitative estimate of drug-likeness (QED) is 0.243. The molecule has 158 valence electrons. The van der Waals surface area contributed by atoms with Crippen molar-refractivity contribution in [3.63, 3.8) is 0 Å². The molecule has 0 fully saturated rings. The molecule has 0 unspecified atom stereocenters. The van der Waals surface area contributed by atoms with E-state index in [9.17, 15) is 9.59 Å². The lowest BCUT2D eigenvalue weighted by Crippen LogP contribution is -2.19. The maximum absolute atomic E-state index is 12.3. The molecule has 3 aromatic rings. The van der Waals surface area contributed by atoms with Gasteiger partial charge in [-0.15, -0.1) is 0 Å². The molecule has 0 atom stereocenters. The number of hydrogen-bond donors (Lipinski definition) is 1. The number of ether oxygens (including phenoxy) is 2. The van der Waals surface area contributed by atoms with Crippen LogP contribution in [0.5, 0.6) is 11.5 Å². The Balaban J connectivity index is 1.48. The predicted molar refractivity (Wildman–Crippen MR) is 120 cm³/mol. The van der Waals surface area contributed by atoms with E-state index in [1.165, 1.54) is 6.21 Å². The fourth-order valence-corrected chi connectivity index (χ4v) is 2.69. The molecule has 0 spiro atoms. The highest BCUT2D eigenvalue weighted by Gasteiger charge is 2.09. The van der Waals surface area contributed by atoms with Gasteiger partial charge in [-0.25, -0.2) is 10.2 Å². The molecule has 6 nitrogen and oxygen atoms in total. The first-order valence-electron chi connectivity index (χ1n) is 10.0. The van der Waals surface area contributed by atoms with Crippen LogP contribution in [0.1, 0.15) is 34.8 Å². The van der Waals surface area contributed by atoms with E-state index < -0.39 is 5.97 Å². The molecule has 0 heterocycles. The first kappa shape index (κ1) is 21.8. The largest absolute Gasteiger partial charge is 0.494 e. The number of amides is 1. The van der Waals surface area contributed by atoms with Crippen LogP contribution < -0.4 is 14.9 Å². The number of nitrogens with zero attached hydrogens (tertiary/aromatic N) is 1. The third-order valence-corrected chi connectivity index (χ3v) is 4.26. The van der Waals surface area contributed by atoms with Gasteiger partial charge in [0.1, 0.15) is 11.5 Å². The summed E-state index contributed by atoms with van der Waals surface area (Å²) in [4.78, 5) is 24.2. The first-order valence-corrected chi connectivity index (χ1v) is 10.0. The maximum atomic E-state index is 12.3. The van der Waals surface area contributed by atoms with E-state index in [1.807, 2.05) is 37.3 Å². The Morgan fingerprint density at radius 3 is 2.26 bits per heavy atom. The van der Waals surface area contributed by atoms with Crippen LogP contribution in [0, 0.1) is 0 Å². The van der Waals surface area contributed by atoms with Gasteiger partial charge in [0.05, 0.1) is 24.8 Å². The fourth-order valence-electron chi connectivity index (χ4n) is 2.69. The summed E-state index contributed by atoms with van der Waals surface area (Å²) in [6, 6.07) is 23.1. The SMILES string of the molecule is CCCOc1ccc(C(=O)Oc2ccc(/C=N\NC(=O)Cc3ccccc3)cc2)cc1. The second kappa shape index (κ2) is 11.3. The normalized spacial score (nSPS) is 10.6. The molecule has 3 rings (SSSR count). The van der Waals surface area contributed by atoms with Crippen molar-refractivity contribution in [1.29, 1.82) is 0 Å². The van der Waals surface area contributed by atoms with Gasteiger partial charge >= 0.3 is 5.97 Å². The molecule has 1 N–H and O–H groups in total. The van der Waals surface area contributed by atoms with Crippen LogP contribution in [0.3, 0.4) is 0 Å². The average molecular weight is 416 g/mol. The first-order chi connectivity index (χ1) is 15.1. The molecule has 0 aromatic heterocycles. The summed E-state index contributed by atoms with van der Waals surface area (Å²) in [5.41, 5.74) is 4.62. The lowest BCUT2D eigenvalue weighted by atomic mass is 10.1. The van der Waals surface area contributed by atoms with E-state index in [4.69, 9.17) is 9.47 Å². The van der Waals surface area contributed by atoms with Crippen molar-refractivity contribution in [3.8, 4) is 11.5 Å². The zero-order valence-corrected chi connectivity index (χ0v) is 17.3. The van der Waals surface area contributed by atoms with E-state index in [0.29, 0.717) is 17.9 Å². The zero-order chi connectivity index (χ0) is 21.9. The number of esters is 1. The van der Waals surface area contributed by atoms with Crippen LogP contribution in [0.2, 0.25) is 0 Å². The summed E-state index contributed by atoms with van der Waals surface area (Å²) in [6.45, 7) is 2.67. The van der Waals surface area contributed by atoms with Gasteiger partial charge in [-0.05, 0) is 66.1 Å². The van der Waals surface area contributed by atoms with Crippen molar-refractivity contribution < 1.29 is 19.1 Å². The van der Waals surface area contributed by atoms with Gasteiger partial charge in [-0.3, -0.25) is 4.79 Å². The highest BCUT2D eigenvalue weighted by Crippen LogP contribution is 2.16. The van der Waals surface area contributed by atoms with Crippen LogP contribution in [-0.4, -0.2) is 24.7 Å². The van der Waals surface area contributed by atoms with E-state index in [0.717, 1.165) is 23.3 Å². The van der Waals surface area contributed by atoms with E-state index in [2.05, 4.69) is 10.5 Å². The summed E-state index contributed by atoms with van der Waals surface area (Å²) in [7, 11) is 0. The summed E-state index contributed by atoms with van der Waals surface area (Å²) in [6.07, 6.45) is 2.72. The molecule has 0 aliphatic heterocycles. The Morgan fingerprint density at radius 1 is 0.903 bits per heavy atom. The highest BCUT2D eigenvalue weighted by atomic mass is 16.5. The Hall–Kier alpha value is -3.93. The second-order valence-corrected chi connectivity index (χ2v) is 6.79. The Labute approximate surface area is 181 Å². The topological polar surface area (TPSA) is 77.0 Å². The molecule has 0 radical (unpaired) electrons. The molecule has 31 heavy (non-hydrogen) atoms. The summed E-state index contributed by atoms with van der Waals surface area (Å²) >= 11 is 0. The van der Waals surface area contributed by atoms with Crippen molar-refractivity contribution in [2.24, 2.45) is 5.10 Å². The van der Waals surface area contributed by atoms with Crippen molar-refractivity contribution in [2.75, 3.05) is 6.61 Å². The fraction of sp³-hybridized carbons (Fsp3) is 0.160. The minimum atomic E-state index is -0.448. The lowest BCUT2D eigenvalue weighted by Gasteiger charge is -2.07. The number of hydrazone groups is 1. The molecular formula is C25H24N2O4. The molecule has 3 aromatic carbocycles. The smallest absolute Gasteiger partial charge is 0.343 e. The van der Waals surface area contributed by atoms with Gasteiger partial charge in [0.25, 0.3) is 0 Å². The standard InChI is InChI=1S/C25H24N2O4/c1-2-16-30-22-14-10-21(11-15-22)25(29)31-23-12-8-20(9-13-23)18-26-27-24(28)17-19-6-4-3-5-7-19/h3-15,18H,2,16-17H2,1H3,(H,27,28)/b26-18-. The number of hydrogen-bond acceptors (Lipinski definition) is 5. The summed E-state index contributed by atoms with van der Waals surface area (Å²) < 4.78 is 10.9. The molecule has 0 aliphatic rings. The molecule has 0 bridgehead atoms. The minimum absolute atomic E-state index is 0.195. The third kappa shape index (κ3) is 7.12. The number of benzene rings is 3. The van der Waals surface area contributed by atoms with Crippen molar-refractivity contribution in [1.82, 2.24) is 5.43 Å². The number of nitrogens with one attached hydrogen (secondary N) is 1. The van der Waals surface area contributed by atoms with Crippen LogP contribution in [0.25, 0.3) is 0 Å². The molecule has 0 saturated heterocycles. The summed E-state index contributed by atoms with van der Waals surface area (Å²) in [5.74, 6) is 0.496. The van der Waals surface area contributed by atoms with Gasteiger partial charge in [0, 0.05) is 0 Å². The van der Waals surface area contributed by atoms with Gasteiger partial charge in [-0.2, -0.15) is 5.10 Å². The Bertz CT molecular complexity index is 1010. The molecular weight excluding hydrogens is 392 g/mol. The maximum Gasteiger partial charge on any atom is 0.343 e. The monoisotopic (exact) mass is 416 g/mol. The van der Waals surface area contributed by atoms with Crippen molar-refractivity contribution >= 4 is 18.1 Å². The van der Waals surface area contributed by atoms with E-state index in [1.54, 1.807) is 48.5 Å². The minimum Gasteiger partial charge on any atom is -0.494 e. The van der Waals surface area contributed by atoms with Crippen molar-refractivity contribution in [2.45, 2.75) is 19.8 Å². The third-order valence-electron chi connectivity index (χ3n) is 4.26. The van der Waals surface area contributed by atoms with Crippen LogP contribution in [0.4, 0.5) is 0 Å². The van der Waals surface area contributed by atoms with Crippen molar-refractivity contribution in [3.05, 3.63) is 95.6 Å². The van der Waals surface area contributed by atoms with Gasteiger partial charge in [-0.1, -0.05) is 37.3 Å². The van der Waals surface area contributed by atoms with E-state index in [-0.39, 0.29) is 12.3 Å². The average Bonchev–Trinajstić information content (AvgIpc) is 2.80. The van der Waals surface area contributed by atoms with Crippen LogP contribution >= 0.6 is 0 Å². The van der Waals surface area contributed by atoms with Gasteiger partial charge in [0.15, 0.2) is 0 Å². The van der Waals surface area contributed by atoms with Gasteiger partial charge in [0.2, 0.25) is 5.91 Å². The molecule has 0 aliphatic carbocycles. The van der Waals surface area contributed by atoms with Gasteiger partial charge < -0.3 is 9.47 Å². The lowest BCUT2D eigenvalue weighted by molar-refractivity contribution is -0.120.